The Bertz CT molecular complexity index is 277. The van der Waals surface area contributed by atoms with Gasteiger partial charge in [-0.3, -0.25) is 9.59 Å². The van der Waals surface area contributed by atoms with Gasteiger partial charge >= 0.3 is 11.9 Å². The summed E-state index contributed by atoms with van der Waals surface area (Å²) >= 11 is 20.0. The maximum atomic E-state index is 11.4. The molecule has 112 valence electrons. The van der Waals surface area contributed by atoms with Gasteiger partial charge in [0.05, 0.1) is 0 Å². The van der Waals surface area contributed by atoms with E-state index < -0.39 is 11.9 Å². The predicted molar refractivity (Wildman–Crippen MR) is 97.8 cm³/mol. The Morgan fingerprint density at radius 1 is 0.737 bits per heavy atom. The van der Waals surface area contributed by atoms with Crippen molar-refractivity contribution in [1.29, 1.82) is 0 Å². The third-order valence-corrected chi connectivity index (χ3v) is 4.29. The van der Waals surface area contributed by atoms with Crippen molar-refractivity contribution in [3.8, 4) is 0 Å². The lowest BCUT2D eigenvalue weighted by Crippen LogP contribution is -2.13. The van der Waals surface area contributed by atoms with Crippen molar-refractivity contribution in [2.24, 2.45) is 0 Å². The lowest BCUT2D eigenvalue weighted by Gasteiger charge is -2.11. The summed E-state index contributed by atoms with van der Waals surface area (Å²) in [5.41, 5.74) is 0. The first-order chi connectivity index (χ1) is 8.49. The van der Waals surface area contributed by atoms with Crippen LogP contribution in [0.2, 0.25) is 0 Å². The Labute approximate surface area is 163 Å². The van der Waals surface area contributed by atoms with Crippen LogP contribution >= 0.6 is 95.6 Å². The number of esters is 2. The molecule has 0 bridgehead atoms. The van der Waals surface area contributed by atoms with Crippen LogP contribution in [-0.4, -0.2) is 16.2 Å². The molecule has 0 radical (unpaired) electrons. The Balaban J connectivity index is 3.73. The largest absolute Gasteiger partial charge is 0.393 e. The highest BCUT2D eigenvalue weighted by Gasteiger charge is 2.20. The molecule has 0 aromatic heterocycles. The summed E-state index contributed by atoms with van der Waals surface area (Å²) in [5, 5.41) is 0. The van der Waals surface area contributed by atoms with E-state index in [1.807, 2.05) is 0 Å². The monoisotopic (exact) mass is 654 g/mol. The van der Waals surface area contributed by atoms with Crippen molar-refractivity contribution in [3.05, 3.63) is 0 Å². The molecule has 0 amide bonds. The topological polar surface area (TPSA) is 43.4 Å². The van der Waals surface area contributed by atoms with Crippen LogP contribution in [0.25, 0.3) is 0 Å². The molecule has 9 heteroatoms. The summed E-state index contributed by atoms with van der Waals surface area (Å²) in [6.45, 7) is 0. The van der Waals surface area contributed by atoms with E-state index in [-0.39, 0.29) is 17.1 Å². The fraction of sp³-hybridized carbons (Fsp3) is 0.800. The number of halogens is 6. The van der Waals surface area contributed by atoms with Gasteiger partial charge in [-0.2, -0.15) is 0 Å². The molecule has 3 nitrogen and oxygen atoms in total. The molecule has 0 aromatic rings. The van der Waals surface area contributed by atoms with Gasteiger partial charge in [0.1, 0.15) is 4.29 Å². The highest BCUT2D eigenvalue weighted by Crippen LogP contribution is 2.39. The summed E-state index contributed by atoms with van der Waals surface area (Å²) in [6, 6.07) is 0. The summed E-state index contributed by atoms with van der Waals surface area (Å²) in [5.74, 6) is -0.964. The molecule has 0 fully saturated rings. The van der Waals surface area contributed by atoms with E-state index >= 15 is 0 Å². The van der Waals surface area contributed by atoms with E-state index in [9.17, 15) is 9.59 Å². The number of ether oxygens (including phenoxy) is 1. The molecule has 19 heavy (non-hydrogen) atoms. The van der Waals surface area contributed by atoms with Gasteiger partial charge in [-0.25, -0.2) is 0 Å². The molecule has 0 N–H and O–H groups in total. The van der Waals surface area contributed by atoms with E-state index in [1.54, 1.807) is 0 Å². The fourth-order valence-electron chi connectivity index (χ4n) is 1.10. The van der Waals surface area contributed by atoms with E-state index in [4.69, 9.17) is 4.74 Å². The Kier molecular flexibility index (Phi) is 11.0. The zero-order valence-corrected chi connectivity index (χ0v) is 19.3. The van der Waals surface area contributed by atoms with E-state index in [2.05, 4.69) is 95.6 Å². The normalized spacial score (nSPS) is 12.3. The van der Waals surface area contributed by atoms with Crippen molar-refractivity contribution < 1.29 is 14.3 Å². The molecule has 0 saturated heterocycles. The number of carbonyl (C=O) groups excluding carboxylic acids is 2. The van der Waals surface area contributed by atoms with Gasteiger partial charge in [-0.1, -0.05) is 95.6 Å². The van der Waals surface area contributed by atoms with Crippen molar-refractivity contribution in [2.45, 2.75) is 42.8 Å². The van der Waals surface area contributed by atoms with Crippen molar-refractivity contribution in [3.63, 3.8) is 0 Å². The number of rotatable bonds is 6. The first-order valence-corrected chi connectivity index (χ1v) is 10.1. The Morgan fingerprint density at radius 3 is 1.32 bits per heavy atom. The number of carbonyl (C=O) groups is 2. The number of alkyl halides is 6. The second-order valence-electron chi connectivity index (χ2n) is 3.78. The number of hydrogen-bond acceptors (Lipinski definition) is 3. The quantitative estimate of drug-likeness (QED) is 0.198. The summed E-state index contributed by atoms with van der Waals surface area (Å²) in [6.07, 6.45) is 3.04. The molecule has 0 saturated carbocycles. The van der Waals surface area contributed by atoms with Crippen molar-refractivity contribution >= 4 is 108 Å². The second kappa shape index (κ2) is 9.92. The molecular formula is C10H12Br6O3. The fourth-order valence-corrected chi connectivity index (χ4v) is 2.78. The van der Waals surface area contributed by atoms with Crippen molar-refractivity contribution in [2.75, 3.05) is 0 Å². The van der Waals surface area contributed by atoms with Crippen LogP contribution in [0, 0.1) is 0 Å². The molecule has 0 atom stereocenters. The predicted octanol–water partition coefficient (Wildman–Crippen LogP) is 6.07. The van der Waals surface area contributed by atoms with Gasteiger partial charge in [0.2, 0.25) is 0 Å². The Hall–Kier alpha value is 2.02. The van der Waals surface area contributed by atoms with Crippen LogP contribution in [0.5, 0.6) is 0 Å². The molecule has 0 aliphatic heterocycles. The van der Waals surface area contributed by atoms with E-state index in [0.717, 1.165) is 0 Å². The minimum absolute atomic E-state index is 0.218. The average molecular weight is 660 g/mol. The molecule has 0 heterocycles. The maximum Gasteiger partial charge on any atom is 0.313 e. The highest BCUT2D eigenvalue weighted by molar-refractivity contribution is 9.39. The molecule has 0 rings (SSSR count). The molecule has 0 aromatic carbocycles. The average Bonchev–Trinajstić information content (AvgIpc) is 2.12. The third-order valence-electron chi connectivity index (χ3n) is 1.91. The molecular weight excluding hydrogens is 648 g/mol. The molecule has 0 aliphatic carbocycles. The number of hydrogen-bond donors (Lipinski definition) is 0. The van der Waals surface area contributed by atoms with E-state index in [0.29, 0.717) is 25.7 Å². The van der Waals surface area contributed by atoms with Crippen LogP contribution in [0.3, 0.4) is 0 Å². The molecule has 0 spiro atoms. The van der Waals surface area contributed by atoms with Crippen LogP contribution < -0.4 is 0 Å². The van der Waals surface area contributed by atoms with Gasteiger partial charge in [0.15, 0.2) is 0 Å². The maximum absolute atomic E-state index is 11.4. The van der Waals surface area contributed by atoms with Gasteiger partial charge < -0.3 is 4.74 Å². The second-order valence-corrected chi connectivity index (χ2v) is 18.3. The summed E-state index contributed by atoms with van der Waals surface area (Å²) < 4.78 is 3.99. The summed E-state index contributed by atoms with van der Waals surface area (Å²) in [4.78, 5) is 22.8. The van der Waals surface area contributed by atoms with Crippen LogP contribution in [0.1, 0.15) is 38.5 Å². The van der Waals surface area contributed by atoms with Crippen molar-refractivity contribution in [1.82, 2.24) is 0 Å². The molecule has 0 unspecified atom stereocenters. The highest BCUT2D eigenvalue weighted by atomic mass is 80.0. The SMILES string of the molecule is O=C(CCCC(Br)(Br)Br)OC(=O)CCCC(Br)(Br)Br. The summed E-state index contributed by atoms with van der Waals surface area (Å²) in [7, 11) is 0. The van der Waals surface area contributed by atoms with Gasteiger partial charge in [-0.05, 0) is 25.7 Å². The zero-order chi connectivity index (χ0) is 15.1. The lowest BCUT2D eigenvalue weighted by molar-refractivity contribution is -0.159. The van der Waals surface area contributed by atoms with Gasteiger partial charge in [-0.15, -0.1) is 0 Å². The smallest absolute Gasteiger partial charge is 0.313 e. The van der Waals surface area contributed by atoms with Gasteiger partial charge in [0, 0.05) is 12.8 Å². The standard InChI is InChI=1S/C10H12Br6O3/c11-9(12,13)5-1-3-7(17)19-8(18)4-2-6-10(14,15)16/h1-6H2. The lowest BCUT2D eigenvalue weighted by atomic mass is 10.2. The van der Waals surface area contributed by atoms with E-state index in [1.165, 1.54) is 0 Å². The van der Waals surface area contributed by atoms with Gasteiger partial charge in [0.25, 0.3) is 0 Å². The van der Waals surface area contributed by atoms with Crippen LogP contribution in [-0.2, 0) is 14.3 Å². The van der Waals surface area contributed by atoms with Crippen LogP contribution in [0.4, 0.5) is 0 Å². The third kappa shape index (κ3) is 16.2. The Morgan fingerprint density at radius 2 is 1.05 bits per heavy atom. The molecule has 0 aliphatic rings. The first-order valence-electron chi connectivity index (χ1n) is 5.36. The zero-order valence-electron chi connectivity index (χ0n) is 9.74. The minimum Gasteiger partial charge on any atom is -0.393 e. The minimum atomic E-state index is -0.482. The van der Waals surface area contributed by atoms with Crippen LogP contribution in [0.15, 0.2) is 0 Å². The first kappa shape index (κ1) is 21.0.